The summed E-state index contributed by atoms with van der Waals surface area (Å²) in [4.78, 5) is 0. The summed E-state index contributed by atoms with van der Waals surface area (Å²) in [5.74, 6) is 13.4. The van der Waals surface area contributed by atoms with E-state index in [2.05, 4.69) is 83.2 Å². The molecular weight excluding hydrogens is 424 g/mol. The average Bonchev–Trinajstić information content (AvgIpc) is 2.52. The zero-order valence-corrected chi connectivity index (χ0v) is 17.5. The fraction of sp³-hybridized carbons (Fsp3) is 0.273. The van der Waals surface area contributed by atoms with E-state index >= 15 is 0 Å². The molecule has 0 aliphatic heterocycles. The molecule has 0 saturated heterocycles. The molecule has 2 heteroatoms. The quantitative estimate of drug-likeness (QED) is 0.432. The van der Waals surface area contributed by atoms with Crippen molar-refractivity contribution in [2.45, 2.75) is 27.7 Å². The van der Waals surface area contributed by atoms with Crippen molar-refractivity contribution < 1.29 is 0 Å². The Balaban J connectivity index is 2.25. The molecule has 2 rings (SSSR count). The van der Waals surface area contributed by atoms with Crippen LogP contribution in [0.25, 0.3) is 0 Å². The number of halogens is 2. The van der Waals surface area contributed by atoms with E-state index in [1.807, 2.05) is 48.5 Å². The lowest BCUT2D eigenvalue weighted by Crippen LogP contribution is -2.29. The molecule has 0 nitrogen and oxygen atoms in total. The first-order valence-electron chi connectivity index (χ1n) is 7.77. The molecule has 2 aromatic carbocycles. The zero-order valence-electron chi connectivity index (χ0n) is 14.4. The van der Waals surface area contributed by atoms with Gasteiger partial charge in [0.25, 0.3) is 0 Å². The van der Waals surface area contributed by atoms with Crippen LogP contribution in [0.5, 0.6) is 0 Å². The maximum atomic E-state index is 3.48. The molecule has 0 spiro atoms. The molecule has 0 atom stereocenters. The van der Waals surface area contributed by atoms with Crippen molar-refractivity contribution in [2.24, 2.45) is 10.8 Å². The largest absolute Gasteiger partial charge is 0.0901 e. The number of hydrogen-bond donors (Lipinski definition) is 0. The summed E-state index contributed by atoms with van der Waals surface area (Å²) in [6, 6.07) is 16.1. The van der Waals surface area contributed by atoms with Crippen LogP contribution in [-0.2, 0) is 0 Å². The van der Waals surface area contributed by atoms with Gasteiger partial charge in [0.2, 0.25) is 0 Å². The van der Waals surface area contributed by atoms with Gasteiger partial charge in [-0.25, -0.2) is 0 Å². The van der Waals surface area contributed by atoms with Gasteiger partial charge in [0.05, 0.1) is 0 Å². The minimum Gasteiger partial charge on any atom is -0.0901 e. The monoisotopic (exact) mass is 442 g/mol. The normalized spacial score (nSPS) is 11.1. The predicted molar refractivity (Wildman–Crippen MR) is 110 cm³/mol. The van der Waals surface area contributed by atoms with Gasteiger partial charge >= 0.3 is 0 Å². The highest BCUT2D eigenvalue weighted by Gasteiger charge is 2.34. The van der Waals surface area contributed by atoms with Crippen LogP contribution in [0.4, 0.5) is 0 Å². The van der Waals surface area contributed by atoms with Crippen LogP contribution < -0.4 is 0 Å². The summed E-state index contributed by atoms with van der Waals surface area (Å²) in [5, 5.41) is 0. The Bertz CT molecular complexity index is 835. The fourth-order valence-corrected chi connectivity index (χ4v) is 2.53. The highest BCUT2D eigenvalue weighted by atomic mass is 79.9. The van der Waals surface area contributed by atoms with Crippen molar-refractivity contribution in [2.75, 3.05) is 0 Å². The lowest BCUT2D eigenvalue weighted by molar-refractivity contribution is 0.260. The molecule has 0 bridgehead atoms. The van der Waals surface area contributed by atoms with Gasteiger partial charge < -0.3 is 0 Å². The van der Waals surface area contributed by atoms with E-state index in [4.69, 9.17) is 0 Å². The molecular formula is C22H20Br2. The molecule has 24 heavy (non-hydrogen) atoms. The lowest BCUT2D eigenvalue weighted by atomic mass is 9.68. The van der Waals surface area contributed by atoms with Crippen LogP contribution in [0.15, 0.2) is 57.5 Å². The van der Waals surface area contributed by atoms with Gasteiger partial charge in [0, 0.05) is 30.9 Å². The Labute approximate surface area is 162 Å². The highest BCUT2D eigenvalue weighted by Crippen LogP contribution is 2.37. The third-order valence-electron chi connectivity index (χ3n) is 4.27. The molecule has 0 fully saturated rings. The van der Waals surface area contributed by atoms with Crippen molar-refractivity contribution >= 4 is 31.9 Å². The van der Waals surface area contributed by atoms with Crippen LogP contribution >= 0.6 is 31.9 Å². The highest BCUT2D eigenvalue weighted by molar-refractivity contribution is 9.10. The zero-order chi connectivity index (χ0) is 17.8. The summed E-state index contributed by atoms with van der Waals surface area (Å²) in [7, 11) is 0. The second-order valence-electron chi connectivity index (χ2n) is 6.77. The van der Waals surface area contributed by atoms with E-state index in [1.165, 1.54) is 0 Å². The summed E-state index contributed by atoms with van der Waals surface area (Å²) in [6.07, 6.45) is 0. The van der Waals surface area contributed by atoms with Crippen molar-refractivity contribution in [1.29, 1.82) is 0 Å². The van der Waals surface area contributed by atoms with Crippen LogP contribution in [0.3, 0.4) is 0 Å². The van der Waals surface area contributed by atoms with Gasteiger partial charge in [0.15, 0.2) is 0 Å². The first-order valence-corrected chi connectivity index (χ1v) is 9.36. The SMILES string of the molecule is CC(C)(C#Cc1ccc(Br)cc1)C(C)(C)C#Cc1cccc(Br)c1. The number of rotatable bonds is 1. The third kappa shape index (κ3) is 5.01. The predicted octanol–water partition coefficient (Wildman–Crippen LogP) is 6.67. The molecule has 0 unspecified atom stereocenters. The van der Waals surface area contributed by atoms with Crippen LogP contribution in [0.1, 0.15) is 38.8 Å². The van der Waals surface area contributed by atoms with E-state index in [-0.39, 0.29) is 10.8 Å². The van der Waals surface area contributed by atoms with E-state index in [0.717, 1.165) is 20.1 Å². The first-order chi connectivity index (χ1) is 11.2. The summed E-state index contributed by atoms with van der Waals surface area (Å²) >= 11 is 6.93. The van der Waals surface area contributed by atoms with Gasteiger partial charge in [-0.05, 0) is 70.2 Å². The summed E-state index contributed by atoms with van der Waals surface area (Å²) in [6.45, 7) is 8.59. The Hall–Kier alpha value is -1.48. The van der Waals surface area contributed by atoms with Crippen molar-refractivity contribution in [3.05, 3.63) is 68.6 Å². The van der Waals surface area contributed by atoms with Gasteiger partial charge in [-0.15, -0.1) is 0 Å². The van der Waals surface area contributed by atoms with Crippen molar-refractivity contribution in [3.63, 3.8) is 0 Å². The molecule has 2 aromatic rings. The third-order valence-corrected chi connectivity index (χ3v) is 5.29. The second-order valence-corrected chi connectivity index (χ2v) is 8.60. The fourth-order valence-electron chi connectivity index (χ4n) is 1.87. The average molecular weight is 444 g/mol. The molecule has 0 radical (unpaired) electrons. The molecule has 0 saturated carbocycles. The Morgan fingerprint density at radius 3 is 1.75 bits per heavy atom. The van der Waals surface area contributed by atoms with Gasteiger partial charge in [-0.1, -0.05) is 61.6 Å². The van der Waals surface area contributed by atoms with Crippen LogP contribution in [-0.4, -0.2) is 0 Å². The smallest absolute Gasteiger partial charge is 0.0422 e. The van der Waals surface area contributed by atoms with Crippen LogP contribution in [0, 0.1) is 34.5 Å². The number of benzene rings is 2. The standard InChI is InChI=1S/C22H20Br2/c1-21(2,14-12-17-8-10-19(23)11-9-17)22(3,4)15-13-18-6-5-7-20(24)16-18/h5-11,16H,1-4H3. The molecule has 0 aromatic heterocycles. The lowest BCUT2D eigenvalue weighted by Gasteiger charge is -2.33. The van der Waals surface area contributed by atoms with E-state index < -0.39 is 0 Å². The van der Waals surface area contributed by atoms with Crippen molar-refractivity contribution in [1.82, 2.24) is 0 Å². The number of hydrogen-bond acceptors (Lipinski definition) is 0. The maximum absolute atomic E-state index is 3.48. The first kappa shape index (κ1) is 18.9. The topological polar surface area (TPSA) is 0 Å². The molecule has 0 N–H and O–H groups in total. The Kier molecular flexibility index (Phi) is 5.97. The minimum atomic E-state index is -0.238. The summed E-state index contributed by atoms with van der Waals surface area (Å²) < 4.78 is 2.11. The molecule has 0 aliphatic carbocycles. The van der Waals surface area contributed by atoms with E-state index in [1.54, 1.807) is 0 Å². The summed E-state index contributed by atoms with van der Waals surface area (Å²) in [5.41, 5.74) is 1.55. The van der Waals surface area contributed by atoms with E-state index in [9.17, 15) is 0 Å². The molecule has 0 heterocycles. The molecule has 122 valence electrons. The van der Waals surface area contributed by atoms with Gasteiger partial charge in [-0.3, -0.25) is 0 Å². The van der Waals surface area contributed by atoms with E-state index in [0.29, 0.717) is 0 Å². The molecule has 0 amide bonds. The molecule has 0 aliphatic rings. The Morgan fingerprint density at radius 1 is 0.667 bits per heavy atom. The Morgan fingerprint density at radius 2 is 1.21 bits per heavy atom. The maximum Gasteiger partial charge on any atom is 0.0422 e. The van der Waals surface area contributed by atoms with Gasteiger partial charge in [-0.2, -0.15) is 0 Å². The minimum absolute atomic E-state index is 0.237. The second kappa shape index (κ2) is 7.60. The van der Waals surface area contributed by atoms with Crippen molar-refractivity contribution in [3.8, 4) is 23.7 Å². The van der Waals surface area contributed by atoms with Gasteiger partial charge in [0.1, 0.15) is 0 Å². The van der Waals surface area contributed by atoms with Crippen LogP contribution in [0.2, 0.25) is 0 Å².